The molecule has 130 valence electrons. The summed E-state index contributed by atoms with van der Waals surface area (Å²) in [5.74, 6) is 0.883. The Morgan fingerprint density at radius 2 is 2.25 bits per heavy atom. The van der Waals surface area contributed by atoms with E-state index in [-0.39, 0.29) is 17.6 Å². The van der Waals surface area contributed by atoms with Crippen LogP contribution in [0.4, 0.5) is 0 Å². The number of ether oxygens (including phenoxy) is 2. The van der Waals surface area contributed by atoms with Crippen LogP contribution in [-0.2, 0) is 9.53 Å². The van der Waals surface area contributed by atoms with Crippen LogP contribution in [0.5, 0.6) is 5.75 Å². The fourth-order valence-electron chi connectivity index (χ4n) is 3.03. The van der Waals surface area contributed by atoms with Crippen LogP contribution in [-0.4, -0.2) is 42.2 Å². The summed E-state index contributed by atoms with van der Waals surface area (Å²) in [7, 11) is 0. The standard InChI is InChI=1S/C19H26N2O3/c1-15-13-21(14-19(2,3)24-15)18(22)9-4-5-10-23-17-8-6-7-16(11-17)12-20/h6-8,11,15H,4-5,9-10,13-14H2,1-3H3/t15-/m1/s1. The topological polar surface area (TPSA) is 62.6 Å². The van der Waals surface area contributed by atoms with Crippen molar-refractivity contribution < 1.29 is 14.3 Å². The number of amides is 1. The Balaban J connectivity index is 1.68. The van der Waals surface area contributed by atoms with E-state index in [2.05, 4.69) is 6.07 Å². The zero-order valence-electron chi connectivity index (χ0n) is 14.7. The molecule has 0 N–H and O–H groups in total. The molecule has 1 amide bonds. The van der Waals surface area contributed by atoms with Crippen LogP contribution < -0.4 is 4.74 Å². The summed E-state index contributed by atoms with van der Waals surface area (Å²) in [4.78, 5) is 14.2. The molecule has 0 unspecified atom stereocenters. The van der Waals surface area contributed by atoms with Crippen molar-refractivity contribution in [2.24, 2.45) is 0 Å². The number of nitrogens with zero attached hydrogens (tertiary/aromatic N) is 2. The minimum absolute atomic E-state index is 0.0773. The minimum atomic E-state index is -0.276. The van der Waals surface area contributed by atoms with E-state index < -0.39 is 0 Å². The molecule has 1 aliphatic heterocycles. The maximum absolute atomic E-state index is 12.3. The van der Waals surface area contributed by atoms with Crippen molar-refractivity contribution in [3.8, 4) is 11.8 Å². The molecule has 24 heavy (non-hydrogen) atoms. The van der Waals surface area contributed by atoms with E-state index in [1.54, 1.807) is 18.2 Å². The first kappa shape index (κ1) is 18.3. The number of hydrogen-bond acceptors (Lipinski definition) is 4. The SMILES string of the molecule is C[C@@H]1CN(C(=O)CCCCOc2cccc(C#N)c2)CC(C)(C)O1. The Hall–Kier alpha value is -2.06. The highest BCUT2D eigenvalue weighted by Gasteiger charge is 2.33. The van der Waals surface area contributed by atoms with Gasteiger partial charge in [0.15, 0.2) is 0 Å². The molecule has 1 aliphatic rings. The molecule has 5 nitrogen and oxygen atoms in total. The zero-order valence-corrected chi connectivity index (χ0v) is 14.7. The van der Waals surface area contributed by atoms with Gasteiger partial charge < -0.3 is 14.4 Å². The molecule has 1 fully saturated rings. The lowest BCUT2D eigenvalue weighted by Crippen LogP contribution is -2.53. The molecule has 1 aromatic rings. The summed E-state index contributed by atoms with van der Waals surface area (Å²) in [5, 5.41) is 8.86. The lowest BCUT2D eigenvalue weighted by molar-refractivity contribution is -0.158. The molecule has 0 spiro atoms. The van der Waals surface area contributed by atoms with Crippen molar-refractivity contribution in [3.05, 3.63) is 29.8 Å². The van der Waals surface area contributed by atoms with E-state index in [1.807, 2.05) is 31.7 Å². The summed E-state index contributed by atoms with van der Waals surface area (Å²) in [6.07, 6.45) is 2.22. The second-order valence-corrected chi connectivity index (χ2v) is 6.91. The Labute approximate surface area is 144 Å². The second kappa shape index (κ2) is 8.16. The van der Waals surface area contributed by atoms with E-state index in [9.17, 15) is 4.79 Å². The van der Waals surface area contributed by atoms with Crippen molar-refractivity contribution in [2.75, 3.05) is 19.7 Å². The molecule has 0 saturated carbocycles. The summed E-state index contributed by atoms with van der Waals surface area (Å²) >= 11 is 0. The Morgan fingerprint density at radius 1 is 1.46 bits per heavy atom. The van der Waals surface area contributed by atoms with Crippen molar-refractivity contribution in [2.45, 2.75) is 51.7 Å². The van der Waals surface area contributed by atoms with Crippen LogP contribution in [0.15, 0.2) is 24.3 Å². The molecular formula is C19H26N2O3. The number of hydrogen-bond donors (Lipinski definition) is 0. The zero-order chi connectivity index (χ0) is 17.6. The molecule has 1 heterocycles. The molecule has 5 heteroatoms. The quantitative estimate of drug-likeness (QED) is 0.752. The van der Waals surface area contributed by atoms with Crippen molar-refractivity contribution in [1.82, 2.24) is 4.90 Å². The fraction of sp³-hybridized carbons (Fsp3) is 0.579. The predicted molar refractivity (Wildman–Crippen MR) is 91.7 cm³/mol. The van der Waals surface area contributed by atoms with Gasteiger partial charge in [-0.25, -0.2) is 0 Å². The number of carbonyl (C=O) groups excluding carboxylic acids is 1. The average Bonchev–Trinajstić information content (AvgIpc) is 2.52. The van der Waals surface area contributed by atoms with Gasteiger partial charge in [0, 0.05) is 19.5 Å². The maximum atomic E-state index is 12.3. The average molecular weight is 330 g/mol. The van der Waals surface area contributed by atoms with Gasteiger partial charge in [0.05, 0.1) is 29.9 Å². The summed E-state index contributed by atoms with van der Waals surface area (Å²) in [5.41, 5.74) is 0.314. The van der Waals surface area contributed by atoms with Gasteiger partial charge in [0.25, 0.3) is 0 Å². The van der Waals surface area contributed by atoms with Crippen LogP contribution in [0.3, 0.4) is 0 Å². The first-order valence-corrected chi connectivity index (χ1v) is 8.48. The van der Waals surface area contributed by atoms with Gasteiger partial charge in [-0.3, -0.25) is 4.79 Å². The van der Waals surface area contributed by atoms with Gasteiger partial charge in [0.2, 0.25) is 5.91 Å². The lowest BCUT2D eigenvalue weighted by atomic mass is 10.0. The first-order chi connectivity index (χ1) is 11.4. The van der Waals surface area contributed by atoms with E-state index in [0.717, 1.165) is 12.8 Å². The largest absolute Gasteiger partial charge is 0.494 e. The summed E-state index contributed by atoms with van der Waals surface area (Å²) in [6.45, 7) is 7.91. The van der Waals surface area contributed by atoms with Crippen LogP contribution in [0, 0.1) is 11.3 Å². The Morgan fingerprint density at radius 3 is 2.96 bits per heavy atom. The monoisotopic (exact) mass is 330 g/mol. The lowest BCUT2D eigenvalue weighted by Gasteiger charge is -2.41. The molecule has 2 rings (SSSR count). The number of nitriles is 1. The van der Waals surface area contributed by atoms with E-state index >= 15 is 0 Å². The Bertz CT molecular complexity index is 607. The molecule has 1 aromatic carbocycles. The molecule has 1 atom stereocenters. The highest BCUT2D eigenvalue weighted by atomic mass is 16.5. The number of benzene rings is 1. The van der Waals surface area contributed by atoms with Crippen LogP contribution in [0.1, 0.15) is 45.6 Å². The third-order valence-corrected chi connectivity index (χ3v) is 3.94. The number of morpholine rings is 1. The summed E-state index contributed by atoms with van der Waals surface area (Å²) < 4.78 is 11.5. The van der Waals surface area contributed by atoms with E-state index in [1.165, 1.54) is 0 Å². The molecule has 0 radical (unpaired) electrons. The fourth-order valence-corrected chi connectivity index (χ4v) is 3.03. The van der Waals surface area contributed by atoms with Gasteiger partial charge in [-0.05, 0) is 51.8 Å². The maximum Gasteiger partial charge on any atom is 0.222 e. The van der Waals surface area contributed by atoms with Gasteiger partial charge in [0.1, 0.15) is 5.75 Å². The first-order valence-electron chi connectivity index (χ1n) is 8.48. The van der Waals surface area contributed by atoms with E-state index in [4.69, 9.17) is 14.7 Å². The molecule has 1 saturated heterocycles. The van der Waals surface area contributed by atoms with Crippen molar-refractivity contribution in [1.29, 1.82) is 5.26 Å². The van der Waals surface area contributed by atoms with Crippen molar-refractivity contribution >= 4 is 5.91 Å². The van der Waals surface area contributed by atoms with Gasteiger partial charge in [-0.1, -0.05) is 6.07 Å². The third-order valence-electron chi connectivity index (χ3n) is 3.94. The highest BCUT2D eigenvalue weighted by Crippen LogP contribution is 2.21. The van der Waals surface area contributed by atoms with E-state index in [0.29, 0.717) is 37.4 Å². The number of carbonyl (C=O) groups is 1. The molecule has 0 aliphatic carbocycles. The Kier molecular flexibility index (Phi) is 6.22. The van der Waals surface area contributed by atoms with Gasteiger partial charge in [-0.2, -0.15) is 5.26 Å². The van der Waals surface area contributed by atoms with Gasteiger partial charge >= 0.3 is 0 Å². The highest BCUT2D eigenvalue weighted by molar-refractivity contribution is 5.76. The minimum Gasteiger partial charge on any atom is -0.494 e. The smallest absolute Gasteiger partial charge is 0.222 e. The summed E-state index contributed by atoms with van der Waals surface area (Å²) in [6, 6.07) is 9.20. The van der Waals surface area contributed by atoms with Gasteiger partial charge in [-0.15, -0.1) is 0 Å². The van der Waals surface area contributed by atoms with Crippen LogP contribution >= 0.6 is 0 Å². The van der Waals surface area contributed by atoms with Crippen molar-refractivity contribution in [3.63, 3.8) is 0 Å². The second-order valence-electron chi connectivity index (χ2n) is 6.91. The van der Waals surface area contributed by atoms with Crippen LogP contribution in [0.2, 0.25) is 0 Å². The molecular weight excluding hydrogens is 304 g/mol. The third kappa shape index (κ3) is 5.54. The number of unbranched alkanes of at least 4 members (excludes halogenated alkanes) is 1. The van der Waals surface area contributed by atoms with Crippen LogP contribution in [0.25, 0.3) is 0 Å². The molecule has 0 bridgehead atoms. The molecule has 0 aromatic heterocycles. The normalized spacial score (nSPS) is 19.6. The predicted octanol–water partition coefficient (Wildman–Crippen LogP) is 3.13. The number of rotatable bonds is 6.